The van der Waals surface area contributed by atoms with Gasteiger partial charge in [-0.2, -0.15) is 0 Å². The quantitative estimate of drug-likeness (QED) is 0.0222. The maximum Gasteiger partial charge on any atom is 0.472 e. The molecule has 5 atom stereocenters. The molecule has 0 bridgehead atoms. The van der Waals surface area contributed by atoms with E-state index in [-0.39, 0.29) is 25.7 Å². The van der Waals surface area contributed by atoms with Crippen molar-refractivity contribution in [2.75, 3.05) is 39.6 Å². The van der Waals surface area contributed by atoms with Gasteiger partial charge in [-0.05, 0) is 31.6 Å². The summed E-state index contributed by atoms with van der Waals surface area (Å²) in [4.78, 5) is 72.7. The van der Waals surface area contributed by atoms with Gasteiger partial charge < -0.3 is 33.8 Å². The Morgan fingerprint density at radius 3 is 0.739 bits per heavy atom. The van der Waals surface area contributed by atoms with Gasteiger partial charge in [-0.1, -0.05) is 330 Å². The Kier molecular flexibility index (Phi) is 64.9. The van der Waals surface area contributed by atoms with Crippen molar-refractivity contribution in [1.82, 2.24) is 0 Å². The smallest absolute Gasteiger partial charge is 0.462 e. The van der Waals surface area contributed by atoms with Crippen LogP contribution in [0.25, 0.3) is 0 Å². The molecule has 0 aromatic carbocycles. The summed E-state index contributed by atoms with van der Waals surface area (Å²) in [6, 6.07) is 0. The van der Waals surface area contributed by atoms with Gasteiger partial charge in [0.2, 0.25) is 0 Å². The molecule has 19 heteroatoms. The highest BCUT2D eigenvalue weighted by molar-refractivity contribution is 7.47. The van der Waals surface area contributed by atoms with Crippen LogP contribution in [0, 0.1) is 5.92 Å². The van der Waals surface area contributed by atoms with Crippen LogP contribution in [0.1, 0.15) is 381 Å². The Bertz CT molecular complexity index is 1770. The number of aliphatic hydroxyl groups excluding tert-OH is 1. The second-order valence-corrected chi connectivity index (χ2v) is 29.7. The first-order valence-electron chi connectivity index (χ1n) is 38.1. The number of ether oxygens (including phenoxy) is 4. The van der Waals surface area contributed by atoms with E-state index in [2.05, 4.69) is 34.6 Å². The highest BCUT2D eigenvalue weighted by Gasteiger charge is 2.30. The van der Waals surface area contributed by atoms with Gasteiger partial charge in [-0.25, -0.2) is 9.13 Å². The lowest BCUT2D eigenvalue weighted by atomic mass is 10.0. The average Bonchev–Trinajstić information content (AvgIpc) is 2.07. The van der Waals surface area contributed by atoms with Gasteiger partial charge in [0, 0.05) is 25.7 Å². The summed E-state index contributed by atoms with van der Waals surface area (Å²) in [6.45, 7) is 7.27. The molecule has 0 radical (unpaired) electrons. The fraction of sp³-hybridized carbons (Fsp3) is 0.945. The zero-order chi connectivity index (χ0) is 67.7. The monoisotopic (exact) mass is 1350 g/mol. The summed E-state index contributed by atoms with van der Waals surface area (Å²) >= 11 is 0. The number of aliphatic hydroxyl groups is 1. The van der Waals surface area contributed by atoms with E-state index in [1.165, 1.54) is 205 Å². The number of phosphoric acid groups is 2. The van der Waals surface area contributed by atoms with Crippen molar-refractivity contribution in [3.63, 3.8) is 0 Å². The molecular formula is C73H142O17P2. The first-order chi connectivity index (χ1) is 44.5. The molecule has 0 spiro atoms. The van der Waals surface area contributed by atoms with E-state index in [0.717, 1.165) is 95.8 Å². The number of phosphoric ester groups is 2. The summed E-state index contributed by atoms with van der Waals surface area (Å²) in [5, 5.41) is 10.6. The minimum atomic E-state index is -4.95. The summed E-state index contributed by atoms with van der Waals surface area (Å²) in [5.41, 5.74) is 0. The first-order valence-corrected chi connectivity index (χ1v) is 41.1. The van der Waals surface area contributed by atoms with Crippen molar-refractivity contribution in [2.45, 2.75) is 400 Å². The van der Waals surface area contributed by atoms with Crippen molar-refractivity contribution in [1.29, 1.82) is 0 Å². The largest absolute Gasteiger partial charge is 0.472 e. The Morgan fingerprint density at radius 2 is 0.500 bits per heavy atom. The molecule has 0 rings (SSSR count). The minimum absolute atomic E-state index is 0.108. The molecule has 0 aliphatic carbocycles. The lowest BCUT2D eigenvalue weighted by molar-refractivity contribution is -0.161. The number of hydrogen-bond donors (Lipinski definition) is 3. The van der Waals surface area contributed by atoms with E-state index in [9.17, 15) is 43.2 Å². The molecule has 0 aliphatic rings. The Hall–Kier alpha value is -1.94. The number of rotatable bonds is 73. The van der Waals surface area contributed by atoms with Gasteiger partial charge >= 0.3 is 39.5 Å². The molecule has 92 heavy (non-hydrogen) atoms. The summed E-state index contributed by atoms with van der Waals surface area (Å²) in [6.07, 6.45) is 53.9. The molecule has 17 nitrogen and oxygen atoms in total. The minimum Gasteiger partial charge on any atom is -0.462 e. The van der Waals surface area contributed by atoms with Crippen LogP contribution in [0.3, 0.4) is 0 Å². The highest BCUT2D eigenvalue weighted by Crippen LogP contribution is 2.45. The second kappa shape index (κ2) is 66.3. The van der Waals surface area contributed by atoms with E-state index in [0.29, 0.717) is 25.7 Å². The maximum absolute atomic E-state index is 13.1. The zero-order valence-corrected chi connectivity index (χ0v) is 61.5. The topological polar surface area (TPSA) is 237 Å². The number of esters is 4. The van der Waals surface area contributed by atoms with E-state index in [1.807, 2.05) is 0 Å². The third kappa shape index (κ3) is 66.7. The van der Waals surface area contributed by atoms with Gasteiger partial charge in [0.1, 0.15) is 19.3 Å². The van der Waals surface area contributed by atoms with Crippen LogP contribution in [0.5, 0.6) is 0 Å². The number of unbranched alkanes of at least 4 members (excludes halogenated alkanes) is 45. The molecule has 0 heterocycles. The fourth-order valence-corrected chi connectivity index (χ4v) is 12.8. The number of carbonyl (C=O) groups is 4. The van der Waals surface area contributed by atoms with Gasteiger partial charge in [0.25, 0.3) is 0 Å². The van der Waals surface area contributed by atoms with Crippen LogP contribution >= 0.6 is 15.6 Å². The summed E-state index contributed by atoms with van der Waals surface area (Å²) in [7, 11) is -9.90. The molecule has 0 fully saturated rings. The lowest BCUT2D eigenvalue weighted by Crippen LogP contribution is -2.30. The normalized spacial score (nSPS) is 14.0. The van der Waals surface area contributed by atoms with Crippen LogP contribution in [-0.4, -0.2) is 96.7 Å². The molecule has 0 aromatic heterocycles. The van der Waals surface area contributed by atoms with Crippen molar-refractivity contribution in [2.24, 2.45) is 5.92 Å². The van der Waals surface area contributed by atoms with Gasteiger partial charge in [-0.15, -0.1) is 0 Å². The SMILES string of the molecule is CCCCCCCCCCCCCCCCCCC(=O)O[C@H](COC(=O)CCCCCCCCCCCCC(C)C)COP(=O)(O)OC[C@@H](O)COP(=O)(O)OC[C@@H](COC(=O)CCCCCCCCCCCCC)OC(=O)CCCCCCCCCCCCCC. The third-order valence-corrected chi connectivity index (χ3v) is 18.9. The molecule has 0 saturated carbocycles. The number of carbonyl (C=O) groups excluding carboxylic acids is 4. The van der Waals surface area contributed by atoms with Crippen molar-refractivity contribution in [3.8, 4) is 0 Å². The predicted octanol–water partition coefficient (Wildman–Crippen LogP) is 21.3. The molecule has 2 unspecified atom stereocenters. The van der Waals surface area contributed by atoms with E-state index < -0.39 is 97.5 Å². The summed E-state index contributed by atoms with van der Waals surface area (Å²) < 4.78 is 68.4. The first kappa shape index (κ1) is 90.1. The number of hydrogen-bond acceptors (Lipinski definition) is 15. The standard InChI is InChI=1S/C73H142O17P2/c1-6-9-12-15-18-21-24-26-27-28-29-32-39-44-49-54-59-73(78)90-69(63-84-71(76)57-52-47-42-37-34-33-35-40-45-50-55-66(4)5)65-88-92(81,82)86-61-67(74)60-85-91(79,80)87-64-68(62-83-70(75)56-51-46-41-36-30-23-20-17-14-11-8-3)89-72(77)58-53-48-43-38-31-25-22-19-16-13-10-7-2/h66-69,74H,6-65H2,1-5H3,(H,79,80)(H,81,82)/t67-,68+,69+/m0/s1. The van der Waals surface area contributed by atoms with Crippen molar-refractivity contribution in [3.05, 3.63) is 0 Å². The van der Waals surface area contributed by atoms with E-state index in [4.69, 9.17) is 37.0 Å². The average molecular weight is 1350 g/mol. The Morgan fingerprint density at radius 1 is 0.293 bits per heavy atom. The maximum atomic E-state index is 13.1. The third-order valence-electron chi connectivity index (χ3n) is 17.0. The van der Waals surface area contributed by atoms with Crippen LogP contribution < -0.4 is 0 Å². The lowest BCUT2D eigenvalue weighted by Gasteiger charge is -2.21. The Balaban J connectivity index is 5.25. The molecule has 546 valence electrons. The molecule has 0 saturated heterocycles. The van der Waals surface area contributed by atoms with Crippen LogP contribution in [0.2, 0.25) is 0 Å². The molecule has 0 aliphatic heterocycles. The summed E-state index contributed by atoms with van der Waals surface area (Å²) in [5.74, 6) is -1.36. The van der Waals surface area contributed by atoms with Gasteiger partial charge in [-0.3, -0.25) is 37.3 Å². The molecule has 3 N–H and O–H groups in total. The second-order valence-electron chi connectivity index (χ2n) is 26.8. The molecule has 0 amide bonds. The van der Waals surface area contributed by atoms with Crippen molar-refractivity contribution < 1.29 is 80.2 Å². The van der Waals surface area contributed by atoms with E-state index in [1.54, 1.807) is 0 Å². The van der Waals surface area contributed by atoms with Gasteiger partial charge in [0.15, 0.2) is 12.2 Å². The van der Waals surface area contributed by atoms with E-state index >= 15 is 0 Å². The highest BCUT2D eigenvalue weighted by atomic mass is 31.2. The Labute approximate surface area is 562 Å². The molecule has 0 aromatic rings. The van der Waals surface area contributed by atoms with Gasteiger partial charge in [0.05, 0.1) is 26.4 Å². The van der Waals surface area contributed by atoms with Crippen LogP contribution in [-0.2, 0) is 65.4 Å². The predicted molar refractivity (Wildman–Crippen MR) is 372 cm³/mol. The van der Waals surface area contributed by atoms with Crippen LogP contribution in [0.15, 0.2) is 0 Å². The fourth-order valence-electron chi connectivity index (χ4n) is 11.2. The zero-order valence-electron chi connectivity index (χ0n) is 59.7. The van der Waals surface area contributed by atoms with Crippen LogP contribution in [0.4, 0.5) is 0 Å². The molecular weight excluding hydrogens is 1210 g/mol. The van der Waals surface area contributed by atoms with Crippen molar-refractivity contribution >= 4 is 39.5 Å².